The van der Waals surface area contributed by atoms with E-state index in [0.29, 0.717) is 24.9 Å². The summed E-state index contributed by atoms with van der Waals surface area (Å²) < 4.78 is 0. The number of aromatic nitrogens is 2. The van der Waals surface area contributed by atoms with Crippen molar-refractivity contribution in [1.82, 2.24) is 25.1 Å². The van der Waals surface area contributed by atoms with Crippen LogP contribution in [0, 0.1) is 5.92 Å². The highest BCUT2D eigenvalue weighted by Gasteiger charge is 2.52. The van der Waals surface area contributed by atoms with Crippen molar-refractivity contribution in [3.63, 3.8) is 0 Å². The van der Waals surface area contributed by atoms with Crippen molar-refractivity contribution in [2.45, 2.75) is 44.8 Å². The number of pyridine rings is 2. The molecule has 0 bridgehead atoms. The van der Waals surface area contributed by atoms with Crippen LogP contribution in [-0.2, 0) is 9.59 Å². The summed E-state index contributed by atoms with van der Waals surface area (Å²) in [4.78, 5) is 64.5. The fourth-order valence-corrected chi connectivity index (χ4v) is 5.29. The maximum Gasteiger partial charge on any atom is 0.273 e. The van der Waals surface area contributed by atoms with Crippen molar-refractivity contribution in [3.05, 3.63) is 72.2 Å². The Kier molecular flexibility index (Phi) is 6.69. The van der Waals surface area contributed by atoms with Gasteiger partial charge in [0.1, 0.15) is 23.5 Å². The van der Waals surface area contributed by atoms with E-state index in [4.69, 9.17) is 0 Å². The number of nitrogens with one attached hydrogen (secondary N) is 1. The molecule has 1 aromatic carbocycles. The van der Waals surface area contributed by atoms with Gasteiger partial charge in [-0.05, 0) is 43.0 Å². The number of likely N-dealkylation sites (tertiary alicyclic amines) is 2. The zero-order valence-corrected chi connectivity index (χ0v) is 20.8. The van der Waals surface area contributed by atoms with Gasteiger partial charge in [0, 0.05) is 18.1 Å². The molecule has 2 aliphatic heterocycles. The molecule has 2 aromatic heterocycles. The number of benzene rings is 1. The molecule has 190 valence electrons. The highest BCUT2D eigenvalue weighted by Crippen LogP contribution is 2.31. The number of para-hydroxylation sites is 1. The third kappa shape index (κ3) is 4.81. The molecule has 3 atom stereocenters. The van der Waals surface area contributed by atoms with Crippen molar-refractivity contribution < 1.29 is 19.2 Å². The zero-order chi connectivity index (χ0) is 26.1. The Bertz CT molecular complexity index is 1360. The van der Waals surface area contributed by atoms with Crippen LogP contribution in [0.3, 0.4) is 0 Å². The molecule has 4 heterocycles. The molecule has 37 heavy (non-hydrogen) atoms. The molecule has 0 radical (unpaired) electrons. The van der Waals surface area contributed by atoms with E-state index < -0.39 is 24.0 Å². The number of rotatable bonds is 6. The molecule has 0 saturated carbocycles. The molecule has 2 fully saturated rings. The van der Waals surface area contributed by atoms with Crippen molar-refractivity contribution in [2.24, 2.45) is 5.92 Å². The quantitative estimate of drug-likeness (QED) is 0.558. The summed E-state index contributed by atoms with van der Waals surface area (Å²) in [5.74, 6) is -1.11. The van der Waals surface area contributed by atoms with Gasteiger partial charge < -0.3 is 15.1 Å². The lowest BCUT2D eigenvalue weighted by Crippen LogP contribution is -2.53. The lowest BCUT2D eigenvalue weighted by molar-refractivity contribution is -0.138. The number of hydrogen-bond donors (Lipinski definition) is 1. The lowest BCUT2D eigenvalue weighted by Gasteiger charge is -2.29. The van der Waals surface area contributed by atoms with Gasteiger partial charge in [0.05, 0.1) is 18.1 Å². The monoisotopic (exact) mass is 499 g/mol. The molecule has 9 nitrogen and oxygen atoms in total. The summed E-state index contributed by atoms with van der Waals surface area (Å²) in [6, 6.07) is 14.1. The van der Waals surface area contributed by atoms with Crippen LogP contribution in [0.1, 0.15) is 47.7 Å². The predicted molar refractivity (Wildman–Crippen MR) is 137 cm³/mol. The minimum absolute atomic E-state index is 0.0588. The molecule has 9 heteroatoms. The number of nitrogens with zero attached hydrogens (tertiary/aromatic N) is 4. The molecule has 0 aliphatic carbocycles. The summed E-state index contributed by atoms with van der Waals surface area (Å²) >= 11 is 0. The second kappa shape index (κ2) is 10.1. The largest absolute Gasteiger partial charge is 0.339 e. The van der Waals surface area contributed by atoms with E-state index in [1.807, 2.05) is 44.2 Å². The average Bonchev–Trinajstić information content (AvgIpc) is 3.48. The molecule has 5 rings (SSSR count). The summed E-state index contributed by atoms with van der Waals surface area (Å²) in [5.41, 5.74) is 1.19. The van der Waals surface area contributed by atoms with Gasteiger partial charge in [0.25, 0.3) is 11.8 Å². The predicted octanol–water partition coefficient (Wildman–Crippen LogP) is 2.47. The van der Waals surface area contributed by atoms with Crippen molar-refractivity contribution in [2.75, 3.05) is 13.1 Å². The van der Waals surface area contributed by atoms with Crippen LogP contribution in [0.2, 0.25) is 0 Å². The third-order valence-electron chi connectivity index (χ3n) is 6.99. The topological polar surface area (TPSA) is 113 Å². The van der Waals surface area contributed by atoms with Crippen LogP contribution in [-0.4, -0.2) is 74.5 Å². The van der Waals surface area contributed by atoms with E-state index in [1.165, 1.54) is 11.1 Å². The number of amides is 3. The van der Waals surface area contributed by atoms with Crippen LogP contribution in [0.5, 0.6) is 0 Å². The van der Waals surface area contributed by atoms with Crippen LogP contribution in [0.15, 0.2) is 60.8 Å². The highest BCUT2D eigenvalue weighted by atomic mass is 16.2. The standard InChI is InChI=1S/C28H29N5O4/c1-17(2)15-22(31-26(35)20-11-10-18-7-3-4-8-19(18)30-20)28(37)32-14-12-23-25(32)24(34)16-33(23)27(36)21-9-5-6-13-29-21/h3-11,13,17,22-23,25H,12,14-16H2,1-2H3,(H,31,35). The SMILES string of the molecule is CC(C)CC(NC(=O)c1ccc2ccccc2n1)C(=O)N1CCC2C1C(=O)CN2C(=O)c1ccccn1. The Morgan fingerprint density at radius 1 is 1.00 bits per heavy atom. The Labute approximate surface area is 214 Å². The number of carbonyl (C=O) groups excluding carboxylic acids is 4. The fourth-order valence-electron chi connectivity index (χ4n) is 5.29. The first kappa shape index (κ1) is 24.5. The lowest BCUT2D eigenvalue weighted by atomic mass is 10.0. The van der Waals surface area contributed by atoms with E-state index in [-0.39, 0.29) is 41.4 Å². The Morgan fingerprint density at radius 2 is 1.78 bits per heavy atom. The number of hydrogen-bond acceptors (Lipinski definition) is 6. The second-order valence-corrected chi connectivity index (χ2v) is 9.99. The van der Waals surface area contributed by atoms with E-state index in [0.717, 1.165) is 5.39 Å². The van der Waals surface area contributed by atoms with Gasteiger partial charge in [-0.25, -0.2) is 4.98 Å². The van der Waals surface area contributed by atoms with Crippen LogP contribution < -0.4 is 5.32 Å². The molecular formula is C28H29N5O4. The van der Waals surface area contributed by atoms with Gasteiger partial charge in [-0.2, -0.15) is 0 Å². The fraction of sp³-hybridized carbons (Fsp3) is 0.357. The zero-order valence-electron chi connectivity index (χ0n) is 20.8. The van der Waals surface area contributed by atoms with Gasteiger partial charge >= 0.3 is 0 Å². The molecule has 0 spiro atoms. The highest BCUT2D eigenvalue weighted by molar-refractivity contribution is 6.03. The molecular weight excluding hydrogens is 470 g/mol. The second-order valence-electron chi connectivity index (χ2n) is 9.99. The van der Waals surface area contributed by atoms with Gasteiger partial charge in [0.15, 0.2) is 5.78 Å². The maximum atomic E-state index is 13.7. The molecule has 2 aliphatic rings. The smallest absolute Gasteiger partial charge is 0.273 e. The van der Waals surface area contributed by atoms with E-state index >= 15 is 0 Å². The summed E-state index contributed by atoms with van der Waals surface area (Å²) in [6.45, 7) is 4.23. The van der Waals surface area contributed by atoms with Gasteiger partial charge in [-0.3, -0.25) is 24.2 Å². The van der Waals surface area contributed by atoms with Crippen molar-refractivity contribution in [1.29, 1.82) is 0 Å². The molecule has 3 aromatic rings. The number of carbonyl (C=O) groups is 4. The van der Waals surface area contributed by atoms with E-state index in [9.17, 15) is 19.2 Å². The molecule has 1 N–H and O–H groups in total. The summed E-state index contributed by atoms with van der Waals surface area (Å²) in [6.07, 6.45) is 2.45. The average molecular weight is 500 g/mol. The van der Waals surface area contributed by atoms with Gasteiger partial charge in [0.2, 0.25) is 5.91 Å². The molecule has 3 amide bonds. The molecule has 2 saturated heterocycles. The van der Waals surface area contributed by atoms with E-state index in [2.05, 4.69) is 15.3 Å². The van der Waals surface area contributed by atoms with Gasteiger partial charge in [-0.1, -0.05) is 44.2 Å². The van der Waals surface area contributed by atoms with Crippen molar-refractivity contribution >= 4 is 34.4 Å². The number of ketones is 1. The first-order valence-electron chi connectivity index (χ1n) is 12.6. The van der Waals surface area contributed by atoms with Crippen LogP contribution in [0.25, 0.3) is 10.9 Å². The first-order valence-corrected chi connectivity index (χ1v) is 12.6. The Hall–Kier alpha value is -4.14. The minimum atomic E-state index is -0.812. The third-order valence-corrected chi connectivity index (χ3v) is 6.99. The number of fused-ring (bicyclic) bond motifs is 2. The van der Waals surface area contributed by atoms with Crippen molar-refractivity contribution in [3.8, 4) is 0 Å². The molecule has 3 unspecified atom stereocenters. The number of Topliss-reactive ketones (excluding diaryl/α,β-unsaturated/α-hetero) is 1. The summed E-state index contributed by atoms with van der Waals surface area (Å²) in [5, 5.41) is 3.78. The van der Waals surface area contributed by atoms with E-state index in [1.54, 1.807) is 29.2 Å². The van der Waals surface area contributed by atoms with Gasteiger partial charge in [-0.15, -0.1) is 0 Å². The normalized spacial score (nSPS) is 19.8. The Morgan fingerprint density at radius 3 is 2.54 bits per heavy atom. The minimum Gasteiger partial charge on any atom is -0.339 e. The first-order chi connectivity index (χ1) is 17.8. The van der Waals surface area contributed by atoms with Crippen LogP contribution >= 0.6 is 0 Å². The Balaban J connectivity index is 1.34. The maximum absolute atomic E-state index is 13.7. The van der Waals surface area contributed by atoms with Crippen LogP contribution in [0.4, 0.5) is 0 Å². The summed E-state index contributed by atoms with van der Waals surface area (Å²) in [7, 11) is 0.